The van der Waals surface area contributed by atoms with Gasteiger partial charge in [0.2, 0.25) is 5.91 Å². The minimum Gasteiger partial charge on any atom is -0.342 e. The van der Waals surface area contributed by atoms with E-state index in [1.807, 2.05) is 17.0 Å². The molecule has 1 amide bonds. The van der Waals surface area contributed by atoms with Crippen molar-refractivity contribution in [3.63, 3.8) is 0 Å². The highest BCUT2D eigenvalue weighted by Gasteiger charge is 2.16. The van der Waals surface area contributed by atoms with Crippen LogP contribution in [0.3, 0.4) is 0 Å². The first-order valence-electron chi connectivity index (χ1n) is 7.02. The first-order chi connectivity index (χ1) is 9.66. The van der Waals surface area contributed by atoms with Gasteiger partial charge in [0.25, 0.3) is 0 Å². The molecule has 0 spiro atoms. The van der Waals surface area contributed by atoms with Crippen molar-refractivity contribution in [1.29, 1.82) is 0 Å². The van der Waals surface area contributed by atoms with Crippen molar-refractivity contribution in [3.8, 4) is 0 Å². The van der Waals surface area contributed by atoms with Gasteiger partial charge in [0, 0.05) is 43.8 Å². The zero-order chi connectivity index (χ0) is 14.4. The molecule has 20 heavy (non-hydrogen) atoms. The number of carbonyl (C=O) groups excluding carboxylic acids is 1. The number of benzene rings is 1. The first kappa shape index (κ1) is 15.3. The SMILES string of the molecule is CC(=O)N1CCCN(CCSc2ccccc2F)CC1. The smallest absolute Gasteiger partial charge is 0.219 e. The fraction of sp³-hybridized carbons (Fsp3) is 0.533. The lowest BCUT2D eigenvalue weighted by atomic mass is 10.3. The van der Waals surface area contributed by atoms with Crippen molar-refractivity contribution >= 4 is 17.7 Å². The van der Waals surface area contributed by atoms with Crippen LogP contribution in [-0.4, -0.2) is 54.2 Å². The number of rotatable bonds is 4. The molecule has 5 heteroatoms. The zero-order valence-electron chi connectivity index (χ0n) is 11.8. The van der Waals surface area contributed by atoms with Crippen LogP contribution in [0.1, 0.15) is 13.3 Å². The van der Waals surface area contributed by atoms with Gasteiger partial charge in [-0.05, 0) is 25.1 Å². The molecule has 1 aliphatic heterocycles. The van der Waals surface area contributed by atoms with Gasteiger partial charge >= 0.3 is 0 Å². The van der Waals surface area contributed by atoms with Gasteiger partial charge in [-0.3, -0.25) is 4.79 Å². The molecule has 1 aromatic carbocycles. The van der Waals surface area contributed by atoms with E-state index in [9.17, 15) is 9.18 Å². The minimum absolute atomic E-state index is 0.142. The van der Waals surface area contributed by atoms with E-state index in [4.69, 9.17) is 0 Å². The Morgan fingerprint density at radius 3 is 2.80 bits per heavy atom. The molecule has 0 N–H and O–H groups in total. The van der Waals surface area contributed by atoms with Crippen molar-refractivity contribution < 1.29 is 9.18 Å². The second-order valence-electron chi connectivity index (χ2n) is 4.98. The molecule has 0 unspecified atom stereocenters. The van der Waals surface area contributed by atoms with E-state index >= 15 is 0 Å². The number of carbonyl (C=O) groups is 1. The summed E-state index contributed by atoms with van der Waals surface area (Å²) in [5.41, 5.74) is 0. The van der Waals surface area contributed by atoms with Crippen molar-refractivity contribution in [2.45, 2.75) is 18.2 Å². The molecule has 0 bridgehead atoms. The Hall–Kier alpha value is -1.07. The molecular weight excluding hydrogens is 275 g/mol. The van der Waals surface area contributed by atoms with Crippen LogP contribution in [0.4, 0.5) is 4.39 Å². The summed E-state index contributed by atoms with van der Waals surface area (Å²) in [5.74, 6) is 0.893. The van der Waals surface area contributed by atoms with E-state index < -0.39 is 0 Å². The van der Waals surface area contributed by atoms with E-state index in [-0.39, 0.29) is 11.7 Å². The normalized spacial score (nSPS) is 17.0. The van der Waals surface area contributed by atoms with Crippen LogP contribution in [-0.2, 0) is 4.79 Å². The van der Waals surface area contributed by atoms with Crippen LogP contribution < -0.4 is 0 Å². The molecular formula is C15H21FN2OS. The van der Waals surface area contributed by atoms with E-state index in [2.05, 4.69) is 4.90 Å². The Labute approximate surface area is 124 Å². The summed E-state index contributed by atoms with van der Waals surface area (Å²) in [7, 11) is 0. The fourth-order valence-electron chi connectivity index (χ4n) is 2.36. The third-order valence-corrected chi connectivity index (χ3v) is 4.56. The van der Waals surface area contributed by atoms with E-state index in [1.54, 1.807) is 24.8 Å². The lowest BCUT2D eigenvalue weighted by Crippen LogP contribution is -2.34. The third kappa shape index (κ3) is 4.49. The molecule has 1 saturated heterocycles. The Kier molecular flexibility index (Phi) is 5.86. The van der Waals surface area contributed by atoms with Crippen molar-refractivity contribution in [2.75, 3.05) is 38.5 Å². The third-order valence-electron chi connectivity index (χ3n) is 3.54. The number of halogens is 1. The van der Waals surface area contributed by atoms with Crippen LogP contribution >= 0.6 is 11.8 Å². The Bertz CT molecular complexity index is 455. The molecule has 0 radical (unpaired) electrons. The van der Waals surface area contributed by atoms with Crippen molar-refractivity contribution in [1.82, 2.24) is 9.80 Å². The highest BCUT2D eigenvalue weighted by Crippen LogP contribution is 2.21. The maximum atomic E-state index is 13.5. The topological polar surface area (TPSA) is 23.6 Å². The monoisotopic (exact) mass is 296 g/mol. The molecule has 1 aliphatic rings. The van der Waals surface area contributed by atoms with Gasteiger partial charge in [0.05, 0.1) is 0 Å². The minimum atomic E-state index is -0.142. The van der Waals surface area contributed by atoms with E-state index in [0.29, 0.717) is 4.90 Å². The highest BCUT2D eigenvalue weighted by molar-refractivity contribution is 7.99. The van der Waals surface area contributed by atoms with Crippen LogP contribution in [0.5, 0.6) is 0 Å². The summed E-state index contributed by atoms with van der Waals surface area (Å²) in [5, 5.41) is 0. The van der Waals surface area contributed by atoms with Gasteiger partial charge in [-0.25, -0.2) is 4.39 Å². The summed E-state index contributed by atoms with van der Waals surface area (Å²) in [4.78, 5) is 16.3. The standard InChI is InChI=1S/C15H21FN2OS/c1-13(19)18-8-4-7-17(9-10-18)11-12-20-15-6-3-2-5-14(15)16/h2-3,5-6H,4,7-12H2,1H3. The van der Waals surface area contributed by atoms with Gasteiger partial charge in [-0.2, -0.15) is 0 Å². The predicted molar refractivity (Wildman–Crippen MR) is 80.4 cm³/mol. The molecule has 1 aromatic rings. The van der Waals surface area contributed by atoms with E-state index in [0.717, 1.165) is 44.9 Å². The molecule has 3 nitrogen and oxygen atoms in total. The van der Waals surface area contributed by atoms with Crippen LogP contribution in [0.2, 0.25) is 0 Å². The van der Waals surface area contributed by atoms with E-state index in [1.165, 1.54) is 6.07 Å². The van der Waals surface area contributed by atoms with Gasteiger partial charge in [0.15, 0.2) is 0 Å². The number of amides is 1. The number of hydrogen-bond donors (Lipinski definition) is 0. The maximum Gasteiger partial charge on any atom is 0.219 e. The van der Waals surface area contributed by atoms with Crippen LogP contribution in [0, 0.1) is 5.82 Å². The quantitative estimate of drug-likeness (QED) is 0.798. The number of hydrogen-bond acceptors (Lipinski definition) is 3. The summed E-state index contributed by atoms with van der Waals surface area (Å²) in [6, 6.07) is 6.89. The fourth-order valence-corrected chi connectivity index (χ4v) is 3.31. The van der Waals surface area contributed by atoms with Gasteiger partial charge in [-0.15, -0.1) is 11.8 Å². The molecule has 1 fully saturated rings. The number of nitrogens with zero attached hydrogens (tertiary/aromatic N) is 2. The molecule has 0 saturated carbocycles. The van der Waals surface area contributed by atoms with Crippen LogP contribution in [0.25, 0.3) is 0 Å². The summed E-state index contributed by atoms with van der Waals surface area (Å²) < 4.78 is 13.5. The average Bonchev–Trinajstić information content (AvgIpc) is 2.67. The highest BCUT2D eigenvalue weighted by atomic mass is 32.2. The lowest BCUT2D eigenvalue weighted by molar-refractivity contribution is -0.128. The molecule has 0 atom stereocenters. The lowest BCUT2D eigenvalue weighted by Gasteiger charge is -2.20. The molecule has 2 rings (SSSR count). The first-order valence-corrected chi connectivity index (χ1v) is 8.00. The summed E-state index contributed by atoms with van der Waals surface area (Å²) in [6.45, 7) is 6.15. The molecule has 0 aromatic heterocycles. The van der Waals surface area contributed by atoms with Crippen molar-refractivity contribution in [3.05, 3.63) is 30.1 Å². The molecule has 1 heterocycles. The Balaban J connectivity index is 1.74. The molecule has 0 aliphatic carbocycles. The second kappa shape index (κ2) is 7.64. The maximum absolute atomic E-state index is 13.5. The second-order valence-corrected chi connectivity index (χ2v) is 6.12. The summed E-state index contributed by atoms with van der Waals surface area (Å²) >= 11 is 1.56. The van der Waals surface area contributed by atoms with Gasteiger partial charge in [0.1, 0.15) is 5.82 Å². The average molecular weight is 296 g/mol. The molecule has 110 valence electrons. The van der Waals surface area contributed by atoms with Gasteiger partial charge < -0.3 is 9.80 Å². The van der Waals surface area contributed by atoms with Crippen LogP contribution in [0.15, 0.2) is 29.2 Å². The Morgan fingerprint density at radius 1 is 1.25 bits per heavy atom. The number of thioether (sulfide) groups is 1. The predicted octanol–water partition coefficient (Wildman–Crippen LogP) is 2.47. The largest absolute Gasteiger partial charge is 0.342 e. The van der Waals surface area contributed by atoms with Crippen molar-refractivity contribution in [2.24, 2.45) is 0 Å². The zero-order valence-corrected chi connectivity index (χ0v) is 12.7. The van der Waals surface area contributed by atoms with Gasteiger partial charge in [-0.1, -0.05) is 12.1 Å². The summed E-state index contributed by atoms with van der Waals surface area (Å²) in [6.07, 6.45) is 1.02. The Morgan fingerprint density at radius 2 is 2.05 bits per heavy atom.